The zero-order valence-electron chi connectivity index (χ0n) is 24.7. The van der Waals surface area contributed by atoms with Gasteiger partial charge in [0, 0.05) is 82.3 Å². The van der Waals surface area contributed by atoms with Crippen LogP contribution in [0.5, 0.6) is 11.5 Å². The fraction of sp³-hybridized carbons (Fsp3) is 0.516. The van der Waals surface area contributed by atoms with Crippen LogP contribution in [0.15, 0.2) is 36.7 Å². The molecule has 0 atom stereocenters. The van der Waals surface area contributed by atoms with Gasteiger partial charge in [-0.1, -0.05) is 19.8 Å². The van der Waals surface area contributed by atoms with E-state index in [9.17, 15) is 9.59 Å². The molecule has 3 aromatic rings. The Balaban J connectivity index is 1.40. The Bertz CT molecular complexity index is 1380. The van der Waals surface area contributed by atoms with E-state index in [-0.39, 0.29) is 18.5 Å². The number of unbranched alkanes of at least 4 members (excludes halogenated alkanes) is 2. The van der Waals surface area contributed by atoms with Crippen molar-refractivity contribution in [1.29, 1.82) is 0 Å². The van der Waals surface area contributed by atoms with Crippen LogP contribution in [0.3, 0.4) is 0 Å². The molecule has 220 valence electrons. The van der Waals surface area contributed by atoms with Gasteiger partial charge in [0.05, 0.1) is 13.7 Å². The smallest absolute Gasteiger partial charge is 0.324 e. The number of urea groups is 1. The molecule has 10 nitrogen and oxygen atoms in total. The quantitative estimate of drug-likeness (QED) is 0.333. The molecule has 1 N–H and O–H groups in total. The summed E-state index contributed by atoms with van der Waals surface area (Å²) in [7, 11) is 5.16. The number of pyridine rings is 1. The van der Waals surface area contributed by atoms with Gasteiger partial charge in [-0.2, -0.15) is 0 Å². The van der Waals surface area contributed by atoms with E-state index in [4.69, 9.17) is 9.47 Å². The molecule has 0 radical (unpaired) electrons. The topological polar surface area (TPSA) is 92.2 Å². The molecule has 2 aliphatic heterocycles. The number of rotatable bonds is 12. The Labute approximate surface area is 242 Å². The van der Waals surface area contributed by atoms with Crippen LogP contribution < -0.4 is 19.7 Å². The SMILES string of the molecule is CCCCCOc1cc(N2CCCN(Cc3ccnc4c3c(C3CNC3)cn4CC(=O)N(C)C)C2=O)ccc1OC. The number of nitrogens with zero attached hydrogens (tertiary/aromatic N) is 5. The van der Waals surface area contributed by atoms with Crippen molar-refractivity contribution in [1.82, 2.24) is 24.7 Å². The highest BCUT2D eigenvalue weighted by molar-refractivity contribution is 5.94. The number of amides is 3. The van der Waals surface area contributed by atoms with Crippen molar-refractivity contribution >= 4 is 28.7 Å². The van der Waals surface area contributed by atoms with Crippen LogP contribution >= 0.6 is 0 Å². The number of nitrogens with one attached hydrogen (secondary N) is 1. The first kappa shape index (κ1) is 28.7. The molecule has 10 heteroatoms. The summed E-state index contributed by atoms with van der Waals surface area (Å²) in [6, 6.07) is 7.70. The summed E-state index contributed by atoms with van der Waals surface area (Å²) in [6.45, 7) is 6.60. The van der Waals surface area contributed by atoms with Gasteiger partial charge in [-0.25, -0.2) is 9.78 Å². The molecule has 3 amide bonds. The van der Waals surface area contributed by atoms with Gasteiger partial charge < -0.3 is 29.2 Å². The average Bonchev–Trinajstić information content (AvgIpc) is 3.29. The third-order valence-electron chi connectivity index (χ3n) is 8.04. The number of carbonyl (C=O) groups is 2. The molecule has 2 aromatic heterocycles. The molecule has 0 saturated carbocycles. The van der Waals surface area contributed by atoms with Crippen molar-refractivity contribution in [3.63, 3.8) is 0 Å². The number of ether oxygens (including phenoxy) is 2. The summed E-state index contributed by atoms with van der Waals surface area (Å²) >= 11 is 0. The lowest BCUT2D eigenvalue weighted by molar-refractivity contribution is -0.129. The first-order chi connectivity index (χ1) is 19.9. The maximum absolute atomic E-state index is 13.8. The molecule has 2 aliphatic rings. The Kier molecular flexibility index (Phi) is 8.97. The monoisotopic (exact) mass is 562 g/mol. The van der Waals surface area contributed by atoms with Crippen LogP contribution in [0.1, 0.15) is 49.7 Å². The summed E-state index contributed by atoms with van der Waals surface area (Å²) in [5.74, 6) is 1.71. The standard InChI is InChI=1S/C31H42N6O4/c1-5-6-7-15-41-27-16-24(9-10-26(27)40-4)37-14-8-13-35(31(37)39)19-22-11-12-33-30-29(22)25(23-17-32-18-23)20-36(30)21-28(38)34(2)3/h9-12,16,20,23,32H,5-8,13-15,17-19,21H2,1-4H3. The highest BCUT2D eigenvalue weighted by Gasteiger charge is 2.30. The molecule has 0 spiro atoms. The van der Waals surface area contributed by atoms with Crippen molar-refractivity contribution in [3.05, 3.63) is 47.8 Å². The maximum Gasteiger partial charge on any atom is 0.324 e. The minimum atomic E-state index is -0.0302. The number of hydrogen-bond acceptors (Lipinski definition) is 6. The van der Waals surface area contributed by atoms with Crippen LogP contribution in [-0.2, 0) is 17.9 Å². The lowest BCUT2D eigenvalue weighted by atomic mass is 9.92. The van der Waals surface area contributed by atoms with Crippen LogP contribution in [0.4, 0.5) is 10.5 Å². The third-order valence-corrected chi connectivity index (χ3v) is 8.04. The molecule has 1 aromatic carbocycles. The van der Waals surface area contributed by atoms with Gasteiger partial charge in [-0.15, -0.1) is 0 Å². The van der Waals surface area contributed by atoms with E-state index in [2.05, 4.69) is 23.4 Å². The average molecular weight is 563 g/mol. The Morgan fingerprint density at radius 2 is 1.98 bits per heavy atom. The van der Waals surface area contributed by atoms with Crippen molar-refractivity contribution < 1.29 is 19.1 Å². The summed E-state index contributed by atoms with van der Waals surface area (Å²) in [5.41, 5.74) is 3.84. The molecular weight excluding hydrogens is 520 g/mol. The van der Waals surface area contributed by atoms with E-state index < -0.39 is 0 Å². The van der Waals surface area contributed by atoms with E-state index in [1.165, 1.54) is 5.56 Å². The second-order valence-electron chi connectivity index (χ2n) is 11.1. The lowest BCUT2D eigenvalue weighted by Crippen LogP contribution is -2.49. The number of likely N-dealkylation sites (N-methyl/N-ethyl adjacent to an activating group) is 1. The Hall–Kier alpha value is -3.79. The van der Waals surface area contributed by atoms with Crippen LogP contribution in [0.2, 0.25) is 0 Å². The lowest BCUT2D eigenvalue weighted by Gasteiger charge is -2.36. The van der Waals surface area contributed by atoms with Crippen LogP contribution in [0.25, 0.3) is 11.0 Å². The predicted molar refractivity (Wildman–Crippen MR) is 160 cm³/mol. The Morgan fingerprint density at radius 3 is 2.68 bits per heavy atom. The summed E-state index contributed by atoms with van der Waals surface area (Å²) < 4.78 is 13.5. The van der Waals surface area contributed by atoms with Gasteiger partial charge in [0.25, 0.3) is 0 Å². The van der Waals surface area contributed by atoms with Gasteiger partial charge in [0.15, 0.2) is 11.5 Å². The first-order valence-corrected chi connectivity index (χ1v) is 14.7. The normalized spacial score (nSPS) is 15.8. The fourth-order valence-corrected chi connectivity index (χ4v) is 5.53. The number of aromatic nitrogens is 2. The molecule has 2 saturated heterocycles. The minimum absolute atomic E-state index is 0.0161. The number of carbonyl (C=O) groups excluding carboxylic acids is 2. The van der Waals surface area contributed by atoms with Crippen LogP contribution in [0, 0.1) is 0 Å². The summed E-state index contributed by atoms with van der Waals surface area (Å²) in [5, 5.41) is 4.42. The van der Waals surface area contributed by atoms with E-state index in [0.717, 1.165) is 61.1 Å². The number of anilines is 1. The second kappa shape index (κ2) is 12.8. The largest absolute Gasteiger partial charge is 0.493 e. The van der Waals surface area contributed by atoms with Gasteiger partial charge in [0.1, 0.15) is 12.2 Å². The molecule has 4 heterocycles. The van der Waals surface area contributed by atoms with Gasteiger partial charge in [0.2, 0.25) is 5.91 Å². The van der Waals surface area contributed by atoms with E-state index in [1.54, 1.807) is 32.3 Å². The fourth-order valence-electron chi connectivity index (χ4n) is 5.53. The van der Waals surface area contributed by atoms with E-state index in [1.807, 2.05) is 38.6 Å². The van der Waals surface area contributed by atoms with Gasteiger partial charge in [-0.3, -0.25) is 9.69 Å². The molecule has 0 aliphatic carbocycles. The van der Waals surface area contributed by atoms with E-state index >= 15 is 0 Å². The number of benzene rings is 1. The summed E-state index contributed by atoms with van der Waals surface area (Å²) in [6.07, 6.45) is 7.94. The molecular formula is C31H42N6O4. The zero-order chi connectivity index (χ0) is 28.9. The van der Waals surface area contributed by atoms with Crippen molar-refractivity contribution in [2.24, 2.45) is 0 Å². The minimum Gasteiger partial charge on any atom is -0.493 e. The van der Waals surface area contributed by atoms with Crippen LogP contribution in [-0.4, -0.2) is 85.3 Å². The highest BCUT2D eigenvalue weighted by atomic mass is 16.5. The number of fused-ring (bicyclic) bond motifs is 1. The van der Waals surface area contributed by atoms with Crippen molar-refractivity contribution in [2.45, 2.75) is 51.6 Å². The molecule has 2 fully saturated rings. The van der Waals surface area contributed by atoms with Gasteiger partial charge in [-0.05, 0) is 42.2 Å². The molecule has 5 rings (SSSR count). The highest BCUT2D eigenvalue weighted by Crippen LogP contribution is 2.35. The maximum atomic E-state index is 13.8. The van der Waals surface area contributed by atoms with E-state index in [0.29, 0.717) is 43.7 Å². The number of methoxy groups -OCH3 is 1. The zero-order valence-corrected chi connectivity index (χ0v) is 24.7. The van der Waals surface area contributed by atoms with Crippen molar-refractivity contribution in [2.75, 3.05) is 58.9 Å². The molecule has 0 bridgehead atoms. The first-order valence-electron chi connectivity index (χ1n) is 14.7. The third kappa shape index (κ3) is 6.12. The predicted octanol–water partition coefficient (Wildman–Crippen LogP) is 4.22. The summed E-state index contributed by atoms with van der Waals surface area (Å²) in [4.78, 5) is 36.4. The van der Waals surface area contributed by atoms with Gasteiger partial charge >= 0.3 is 6.03 Å². The number of hydrogen-bond donors (Lipinski definition) is 1. The molecule has 0 unspecified atom stereocenters. The second-order valence-corrected chi connectivity index (χ2v) is 11.1. The van der Waals surface area contributed by atoms with Crippen molar-refractivity contribution in [3.8, 4) is 11.5 Å². The Morgan fingerprint density at radius 1 is 1.15 bits per heavy atom. The molecule has 41 heavy (non-hydrogen) atoms.